The number of furan rings is 1. The summed E-state index contributed by atoms with van der Waals surface area (Å²) in [4.78, 5) is 0. The van der Waals surface area contributed by atoms with E-state index in [0.29, 0.717) is 0 Å². The maximum atomic E-state index is 6.14. The van der Waals surface area contributed by atoms with Crippen LogP contribution in [0.25, 0.3) is 22.6 Å². The van der Waals surface area contributed by atoms with Gasteiger partial charge in [-0.15, -0.1) is 0 Å². The molecule has 1 nitrogen and oxygen atoms in total. The normalized spacial score (nSPS) is 10.8. The Morgan fingerprint density at radius 1 is 0.700 bits per heavy atom. The highest BCUT2D eigenvalue weighted by atomic mass is 79.9. The van der Waals surface area contributed by atoms with Crippen LogP contribution in [0, 0.1) is 13.8 Å². The largest absolute Gasteiger partial charge is 0.456 e. The van der Waals surface area contributed by atoms with E-state index in [-0.39, 0.29) is 0 Å². The molecule has 2 heteroatoms. The number of hydrogen-bond acceptors (Lipinski definition) is 1. The highest BCUT2D eigenvalue weighted by Gasteiger charge is 2.16. The van der Waals surface area contributed by atoms with Gasteiger partial charge >= 0.3 is 0 Å². The van der Waals surface area contributed by atoms with E-state index in [9.17, 15) is 0 Å². The second-order valence-electron chi connectivity index (χ2n) is 4.88. The van der Waals surface area contributed by atoms with Gasteiger partial charge in [0.25, 0.3) is 0 Å². The first kappa shape index (κ1) is 13.2. The predicted molar refractivity (Wildman–Crippen MR) is 86.8 cm³/mol. The molecule has 0 aliphatic carbocycles. The SMILES string of the molecule is Cc1c(-c2ccccc2)oc(-c2ccc(Br)cc2)c1C. The zero-order valence-electron chi connectivity index (χ0n) is 11.5. The zero-order valence-corrected chi connectivity index (χ0v) is 13.1. The number of hydrogen-bond donors (Lipinski definition) is 0. The molecule has 0 N–H and O–H groups in total. The molecule has 2 aromatic carbocycles. The lowest BCUT2D eigenvalue weighted by atomic mass is 10.0. The lowest BCUT2D eigenvalue weighted by Gasteiger charge is -1.99. The molecule has 0 spiro atoms. The van der Waals surface area contributed by atoms with Crippen molar-refractivity contribution in [1.82, 2.24) is 0 Å². The minimum Gasteiger partial charge on any atom is -0.456 e. The van der Waals surface area contributed by atoms with Gasteiger partial charge in [-0.3, -0.25) is 0 Å². The first-order valence-corrected chi connectivity index (χ1v) is 7.37. The molecule has 3 aromatic rings. The van der Waals surface area contributed by atoms with Gasteiger partial charge in [0.05, 0.1) is 0 Å². The Morgan fingerprint density at radius 3 is 1.75 bits per heavy atom. The van der Waals surface area contributed by atoms with Crippen molar-refractivity contribution in [3.8, 4) is 22.6 Å². The highest BCUT2D eigenvalue weighted by Crippen LogP contribution is 2.36. The van der Waals surface area contributed by atoms with Gasteiger partial charge in [0.1, 0.15) is 11.5 Å². The van der Waals surface area contributed by atoms with Crippen molar-refractivity contribution in [2.24, 2.45) is 0 Å². The Labute approximate surface area is 127 Å². The predicted octanol–water partition coefficient (Wildman–Crippen LogP) is 5.99. The van der Waals surface area contributed by atoms with Gasteiger partial charge < -0.3 is 4.42 Å². The van der Waals surface area contributed by atoms with Crippen LogP contribution >= 0.6 is 15.9 Å². The van der Waals surface area contributed by atoms with E-state index in [1.807, 2.05) is 30.3 Å². The molecule has 0 aliphatic rings. The Bertz CT molecular complexity index is 724. The summed E-state index contributed by atoms with van der Waals surface area (Å²) in [5, 5.41) is 0. The van der Waals surface area contributed by atoms with E-state index >= 15 is 0 Å². The van der Waals surface area contributed by atoms with Crippen LogP contribution < -0.4 is 0 Å². The zero-order chi connectivity index (χ0) is 14.1. The summed E-state index contributed by atoms with van der Waals surface area (Å²) in [6.45, 7) is 4.23. The van der Waals surface area contributed by atoms with Crippen LogP contribution in [0.2, 0.25) is 0 Å². The minimum absolute atomic E-state index is 0.953. The summed E-state index contributed by atoms with van der Waals surface area (Å²) >= 11 is 3.46. The Hall–Kier alpha value is -1.80. The van der Waals surface area contributed by atoms with E-state index in [1.54, 1.807) is 0 Å². The Morgan fingerprint density at radius 2 is 1.20 bits per heavy atom. The fourth-order valence-electron chi connectivity index (χ4n) is 2.34. The van der Waals surface area contributed by atoms with Crippen molar-refractivity contribution < 1.29 is 4.42 Å². The van der Waals surface area contributed by atoms with E-state index in [0.717, 1.165) is 27.1 Å². The molecule has 3 rings (SSSR count). The van der Waals surface area contributed by atoms with Crippen molar-refractivity contribution >= 4 is 15.9 Å². The van der Waals surface area contributed by atoms with Gasteiger partial charge in [-0.2, -0.15) is 0 Å². The van der Waals surface area contributed by atoms with Crippen LogP contribution in [0.15, 0.2) is 63.5 Å². The maximum absolute atomic E-state index is 6.14. The summed E-state index contributed by atoms with van der Waals surface area (Å²) in [7, 11) is 0. The van der Waals surface area contributed by atoms with E-state index in [2.05, 4.69) is 54.0 Å². The summed E-state index contributed by atoms with van der Waals surface area (Å²) in [5.41, 5.74) is 4.63. The van der Waals surface area contributed by atoms with Crippen LogP contribution in [0.4, 0.5) is 0 Å². The molecule has 0 fully saturated rings. The van der Waals surface area contributed by atoms with Crippen molar-refractivity contribution in [1.29, 1.82) is 0 Å². The minimum atomic E-state index is 0.953. The number of rotatable bonds is 2. The van der Waals surface area contributed by atoms with E-state index in [4.69, 9.17) is 4.42 Å². The first-order chi connectivity index (χ1) is 9.66. The van der Waals surface area contributed by atoms with Gasteiger partial charge in [-0.1, -0.05) is 58.4 Å². The molecule has 0 bridgehead atoms. The molecular weight excluding hydrogens is 312 g/mol. The Balaban J connectivity index is 2.13. The lowest BCUT2D eigenvalue weighted by Crippen LogP contribution is -1.79. The maximum Gasteiger partial charge on any atom is 0.137 e. The molecule has 1 aromatic heterocycles. The third-order valence-corrected chi connectivity index (χ3v) is 4.12. The van der Waals surface area contributed by atoms with Gasteiger partial charge in [0, 0.05) is 15.6 Å². The molecule has 0 unspecified atom stereocenters. The molecule has 0 aliphatic heterocycles. The molecule has 0 saturated heterocycles. The lowest BCUT2D eigenvalue weighted by molar-refractivity contribution is 0.594. The second-order valence-corrected chi connectivity index (χ2v) is 5.80. The van der Waals surface area contributed by atoms with Gasteiger partial charge in [-0.05, 0) is 37.1 Å². The van der Waals surface area contributed by atoms with Crippen LogP contribution in [-0.2, 0) is 0 Å². The standard InChI is InChI=1S/C18H15BrO/c1-12-13(2)18(15-8-10-16(19)11-9-15)20-17(12)14-6-4-3-5-7-14/h3-11H,1-2H3. The first-order valence-electron chi connectivity index (χ1n) is 6.58. The van der Waals surface area contributed by atoms with Crippen molar-refractivity contribution in [2.45, 2.75) is 13.8 Å². The van der Waals surface area contributed by atoms with Crippen molar-refractivity contribution in [3.63, 3.8) is 0 Å². The fourth-order valence-corrected chi connectivity index (χ4v) is 2.60. The topological polar surface area (TPSA) is 13.1 Å². The Kier molecular flexibility index (Phi) is 3.49. The molecule has 0 amide bonds. The summed E-state index contributed by atoms with van der Waals surface area (Å²) in [6.07, 6.45) is 0. The van der Waals surface area contributed by atoms with Gasteiger partial charge in [0.15, 0.2) is 0 Å². The third kappa shape index (κ3) is 2.32. The molecule has 0 saturated carbocycles. The third-order valence-electron chi connectivity index (χ3n) is 3.59. The monoisotopic (exact) mass is 326 g/mol. The van der Waals surface area contributed by atoms with Gasteiger partial charge in [0.2, 0.25) is 0 Å². The highest BCUT2D eigenvalue weighted by molar-refractivity contribution is 9.10. The smallest absolute Gasteiger partial charge is 0.137 e. The van der Waals surface area contributed by atoms with Crippen LogP contribution in [0.3, 0.4) is 0 Å². The molecule has 20 heavy (non-hydrogen) atoms. The number of benzene rings is 2. The summed E-state index contributed by atoms with van der Waals surface area (Å²) < 4.78 is 7.22. The fraction of sp³-hybridized carbons (Fsp3) is 0.111. The average molecular weight is 327 g/mol. The van der Waals surface area contributed by atoms with Crippen LogP contribution in [0.1, 0.15) is 11.1 Å². The molecule has 0 radical (unpaired) electrons. The molecule has 1 heterocycles. The van der Waals surface area contributed by atoms with Gasteiger partial charge in [-0.25, -0.2) is 0 Å². The average Bonchev–Trinajstić information content (AvgIpc) is 2.77. The van der Waals surface area contributed by atoms with Crippen molar-refractivity contribution in [2.75, 3.05) is 0 Å². The van der Waals surface area contributed by atoms with Crippen LogP contribution in [-0.4, -0.2) is 0 Å². The quantitative estimate of drug-likeness (QED) is 0.563. The van der Waals surface area contributed by atoms with E-state index < -0.39 is 0 Å². The van der Waals surface area contributed by atoms with Crippen molar-refractivity contribution in [3.05, 3.63) is 70.2 Å². The number of halogens is 1. The van der Waals surface area contributed by atoms with Crippen LogP contribution in [0.5, 0.6) is 0 Å². The molecular formula is C18H15BrO. The second kappa shape index (κ2) is 5.29. The molecule has 100 valence electrons. The van der Waals surface area contributed by atoms with E-state index in [1.165, 1.54) is 11.1 Å². The summed E-state index contributed by atoms with van der Waals surface area (Å²) in [5.74, 6) is 1.91. The molecule has 0 atom stereocenters. The summed E-state index contributed by atoms with van der Waals surface area (Å²) in [6, 6.07) is 18.5.